The largest absolute Gasteiger partial charge is 0.354 e. The van der Waals surface area contributed by atoms with Crippen molar-refractivity contribution in [1.82, 2.24) is 14.8 Å². The van der Waals surface area contributed by atoms with Crippen molar-refractivity contribution in [3.8, 4) is 0 Å². The first-order valence-corrected chi connectivity index (χ1v) is 5.96. The molecule has 0 bridgehead atoms. The van der Waals surface area contributed by atoms with E-state index in [0.29, 0.717) is 6.04 Å². The minimum Gasteiger partial charge on any atom is -0.354 e. The van der Waals surface area contributed by atoms with Crippen LogP contribution in [0.2, 0.25) is 0 Å². The lowest BCUT2D eigenvalue weighted by molar-refractivity contribution is 0.478. The summed E-state index contributed by atoms with van der Waals surface area (Å²) in [7, 11) is 0. The molecule has 0 fully saturated rings. The summed E-state index contributed by atoms with van der Waals surface area (Å²) < 4.78 is 1.99. The summed E-state index contributed by atoms with van der Waals surface area (Å²) >= 11 is 0. The third-order valence-electron chi connectivity index (χ3n) is 3.36. The van der Waals surface area contributed by atoms with E-state index in [-0.39, 0.29) is 0 Å². The highest BCUT2D eigenvalue weighted by molar-refractivity contribution is 5.37. The van der Waals surface area contributed by atoms with Gasteiger partial charge in [-0.3, -0.25) is 0 Å². The molecule has 0 amide bonds. The lowest BCUT2D eigenvalue weighted by atomic mass is 9.96. The average molecular weight is 228 g/mol. The molecule has 0 radical (unpaired) electrons. The van der Waals surface area contributed by atoms with Crippen LogP contribution in [-0.4, -0.2) is 21.3 Å². The van der Waals surface area contributed by atoms with Gasteiger partial charge in [-0.25, -0.2) is 4.68 Å². The third-order valence-corrected chi connectivity index (χ3v) is 3.36. The smallest absolute Gasteiger partial charge is 0.221 e. The van der Waals surface area contributed by atoms with Crippen molar-refractivity contribution in [2.24, 2.45) is 0 Å². The van der Waals surface area contributed by atoms with Gasteiger partial charge in [-0.15, -0.1) is 0 Å². The van der Waals surface area contributed by atoms with Gasteiger partial charge in [0, 0.05) is 6.54 Å². The van der Waals surface area contributed by atoms with Gasteiger partial charge in [0.1, 0.15) is 6.33 Å². The first-order valence-electron chi connectivity index (χ1n) is 5.96. The molecule has 1 atom stereocenters. The molecule has 3 rings (SSSR count). The number of benzene rings is 1. The zero-order valence-electron chi connectivity index (χ0n) is 10.1. The maximum atomic E-state index is 4.33. The van der Waals surface area contributed by atoms with Gasteiger partial charge >= 0.3 is 0 Å². The van der Waals surface area contributed by atoms with Crippen molar-refractivity contribution >= 4 is 5.95 Å². The van der Waals surface area contributed by atoms with Crippen molar-refractivity contribution in [3.63, 3.8) is 0 Å². The lowest BCUT2D eigenvalue weighted by Crippen LogP contribution is -2.25. The molecule has 17 heavy (non-hydrogen) atoms. The van der Waals surface area contributed by atoms with Crippen LogP contribution >= 0.6 is 0 Å². The molecule has 2 heterocycles. The number of aryl methyl sites for hydroxylation is 2. The Morgan fingerprint density at radius 1 is 1.35 bits per heavy atom. The molecule has 88 valence electrons. The standard InChI is InChI=1S/C13H16N4/c1-9-3-4-10(2)11(7-9)12-5-6-14-13-15-8-16-17(12)13/h3-4,7-8,12H,5-6H2,1-2H3,(H,14,15,16). The summed E-state index contributed by atoms with van der Waals surface area (Å²) in [4.78, 5) is 4.23. The number of rotatable bonds is 1. The fourth-order valence-electron chi connectivity index (χ4n) is 2.45. The first-order chi connectivity index (χ1) is 8.25. The number of anilines is 1. The average Bonchev–Trinajstić information content (AvgIpc) is 2.80. The highest BCUT2D eigenvalue weighted by atomic mass is 15.4. The van der Waals surface area contributed by atoms with Crippen molar-refractivity contribution in [2.75, 3.05) is 11.9 Å². The zero-order valence-corrected chi connectivity index (χ0v) is 10.1. The second-order valence-electron chi connectivity index (χ2n) is 4.62. The van der Waals surface area contributed by atoms with Gasteiger partial charge in [0.15, 0.2) is 0 Å². The highest BCUT2D eigenvalue weighted by Gasteiger charge is 2.23. The van der Waals surface area contributed by atoms with Crippen LogP contribution in [0.5, 0.6) is 0 Å². The van der Waals surface area contributed by atoms with Gasteiger partial charge < -0.3 is 5.32 Å². The summed E-state index contributed by atoms with van der Waals surface area (Å²) in [5.41, 5.74) is 3.98. The molecule has 0 saturated heterocycles. The maximum Gasteiger partial charge on any atom is 0.221 e. The minimum absolute atomic E-state index is 0.314. The molecular formula is C13H16N4. The van der Waals surface area contributed by atoms with E-state index < -0.39 is 0 Å². The van der Waals surface area contributed by atoms with E-state index in [2.05, 4.69) is 47.4 Å². The van der Waals surface area contributed by atoms with E-state index >= 15 is 0 Å². The van der Waals surface area contributed by atoms with Crippen LogP contribution in [0.1, 0.15) is 29.2 Å². The molecule has 1 unspecified atom stereocenters. The summed E-state index contributed by atoms with van der Waals surface area (Å²) in [6, 6.07) is 6.91. The van der Waals surface area contributed by atoms with Crippen LogP contribution in [0.3, 0.4) is 0 Å². The van der Waals surface area contributed by atoms with Crippen molar-refractivity contribution in [3.05, 3.63) is 41.2 Å². The van der Waals surface area contributed by atoms with E-state index in [9.17, 15) is 0 Å². The monoisotopic (exact) mass is 228 g/mol. The summed E-state index contributed by atoms with van der Waals surface area (Å²) in [5, 5.41) is 7.59. The Balaban J connectivity index is 2.09. The van der Waals surface area contributed by atoms with Crippen molar-refractivity contribution in [2.45, 2.75) is 26.3 Å². The minimum atomic E-state index is 0.314. The SMILES string of the molecule is Cc1ccc(C)c(C2CCNc3ncnn32)c1. The molecule has 1 aromatic carbocycles. The summed E-state index contributed by atoms with van der Waals surface area (Å²) in [6.45, 7) is 5.25. The van der Waals surface area contributed by atoms with Crippen molar-refractivity contribution in [1.29, 1.82) is 0 Å². The predicted octanol–water partition coefficient (Wildman–Crippen LogP) is 2.30. The number of aromatic nitrogens is 3. The zero-order chi connectivity index (χ0) is 11.8. The molecule has 2 aromatic rings. The second-order valence-corrected chi connectivity index (χ2v) is 4.62. The van der Waals surface area contributed by atoms with Crippen LogP contribution < -0.4 is 5.32 Å². The van der Waals surface area contributed by atoms with Crippen LogP contribution in [0, 0.1) is 13.8 Å². The Bertz CT molecular complexity index is 544. The number of hydrogen-bond donors (Lipinski definition) is 1. The first kappa shape index (κ1) is 10.3. The molecule has 4 heteroatoms. The van der Waals surface area contributed by atoms with E-state index in [1.807, 2.05) is 4.68 Å². The van der Waals surface area contributed by atoms with Gasteiger partial charge in [0.25, 0.3) is 0 Å². The van der Waals surface area contributed by atoms with Gasteiger partial charge in [-0.2, -0.15) is 10.1 Å². The van der Waals surface area contributed by atoms with Gasteiger partial charge in [-0.1, -0.05) is 23.8 Å². The Hall–Kier alpha value is -1.84. The fourth-order valence-corrected chi connectivity index (χ4v) is 2.45. The molecule has 1 aromatic heterocycles. The van der Waals surface area contributed by atoms with Crippen LogP contribution in [0.15, 0.2) is 24.5 Å². The Morgan fingerprint density at radius 3 is 3.12 bits per heavy atom. The lowest BCUT2D eigenvalue weighted by Gasteiger charge is -2.26. The number of nitrogens with zero attached hydrogens (tertiary/aromatic N) is 3. The van der Waals surface area contributed by atoms with Gasteiger partial charge in [0.2, 0.25) is 5.95 Å². The number of nitrogens with one attached hydrogen (secondary N) is 1. The molecule has 0 saturated carbocycles. The normalized spacial score (nSPS) is 18.6. The van der Waals surface area contributed by atoms with Crippen molar-refractivity contribution < 1.29 is 0 Å². The van der Waals surface area contributed by atoms with E-state index in [0.717, 1.165) is 18.9 Å². The Labute approximate surface area is 101 Å². The Kier molecular flexibility index (Phi) is 2.35. The quantitative estimate of drug-likeness (QED) is 0.814. The molecule has 0 spiro atoms. The molecule has 0 aliphatic carbocycles. The van der Waals surface area contributed by atoms with Crippen LogP contribution in [0.4, 0.5) is 5.95 Å². The summed E-state index contributed by atoms with van der Waals surface area (Å²) in [6.07, 6.45) is 2.67. The molecule has 1 N–H and O–H groups in total. The maximum absolute atomic E-state index is 4.33. The number of fused-ring (bicyclic) bond motifs is 1. The third kappa shape index (κ3) is 1.69. The predicted molar refractivity (Wildman–Crippen MR) is 67.2 cm³/mol. The topological polar surface area (TPSA) is 42.7 Å². The van der Waals surface area contributed by atoms with E-state index in [1.54, 1.807) is 6.33 Å². The summed E-state index contributed by atoms with van der Waals surface area (Å²) in [5.74, 6) is 0.877. The molecular weight excluding hydrogens is 212 g/mol. The number of hydrogen-bond acceptors (Lipinski definition) is 3. The molecule has 4 nitrogen and oxygen atoms in total. The fraction of sp³-hybridized carbons (Fsp3) is 0.385. The highest BCUT2D eigenvalue weighted by Crippen LogP contribution is 2.30. The second kappa shape index (κ2) is 3.87. The van der Waals surface area contributed by atoms with Crippen LogP contribution in [-0.2, 0) is 0 Å². The van der Waals surface area contributed by atoms with Gasteiger partial charge in [-0.05, 0) is 31.4 Å². The molecule has 1 aliphatic rings. The Morgan fingerprint density at radius 2 is 2.24 bits per heavy atom. The molecule has 1 aliphatic heterocycles. The van der Waals surface area contributed by atoms with E-state index in [4.69, 9.17) is 0 Å². The van der Waals surface area contributed by atoms with E-state index in [1.165, 1.54) is 16.7 Å². The van der Waals surface area contributed by atoms with Crippen LogP contribution in [0.25, 0.3) is 0 Å². The van der Waals surface area contributed by atoms with Gasteiger partial charge in [0.05, 0.1) is 6.04 Å².